The number of hydrogen-bond acceptors (Lipinski definition) is 3. The van der Waals surface area contributed by atoms with Gasteiger partial charge >= 0.3 is 0 Å². The topological polar surface area (TPSA) is 75.4 Å². The van der Waals surface area contributed by atoms with E-state index < -0.39 is 6.10 Å². The van der Waals surface area contributed by atoms with Gasteiger partial charge in [0.2, 0.25) is 5.91 Å². The number of carbonyl (C=O) groups excluding carboxylic acids is 1. The minimum atomic E-state index is -0.651. The zero-order chi connectivity index (χ0) is 13.7. The van der Waals surface area contributed by atoms with Gasteiger partial charge in [-0.25, -0.2) is 0 Å². The van der Waals surface area contributed by atoms with Gasteiger partial charge in [-0.05, 0) is 24.3 Å². The largest absolute Gasteiger partial charge is 0.387 e. The molecule has 0 aromatic heterocycles. The van der Waals surface area contributed by atoms with E-state index in [4.69, 9.17) is 5.73 Å². The van der Waals surface area contributed by atoms with E-state index in [1.165, 1.54) is 0 Å². The molecule has 1 aromatic carbocycles. The molecule has 4 heteroatoms. The molecule has 19 heavy (non-hydrogen) atoms. The quantitative estimate of drug-likeness (QED) is 0.750. The van der Waals surface area contributed by atoms with Crippen LogP contribution in [0.4, 0.5) is 0 Å². The Kier molecular flexibility index (Phi) is 4.93. The van der Waals surface area contributed by atoms with Crippen LogP contribution in [0.15, 0.2) is 30.3 Å². The summed E-state index contributed by atoms with van der Waals surface area (Å²) < 4.78 is 0. The van der Waals surface area contributed by atoms with Gasteiger partial charge in [0.15, 0.2) is 0 Å². The van der Waals surface area contributed by atoms with Crippen molar-refractivity contribution in [2.24, 2.45) is 11.7 Å². The van der Waals surface area contributed by atoms with E-state index in [0.717, 1.165) is 24.8 Å². The van der Waals surface area contributed by atoms with E-state index in [1.807, 2.05) is 30.3 Å². The smallest absolute Gasteiger partial charge is 0.220 e. The molecule has 0 heterocycles. The first-order valence-electron chi connectivity index (χ1n) is 6.92. The molecule has 1 aromatic rings. The summed E-state index contributed by atoms with van der Waals surface area (Å²) >= 11 is 0. The maximum absolute atomic E-state index is 11.8. The Hall–Kier alpha value is -1.39. The second kappa shape index (κ2) is 6.68. The summed E-state index contributed by atoms with van der Waals surface area (Å²) in [5, 5.41) is 12.7. The molecule has 0 spiro atoms. The number of hydrogen-bond donors (Lipinski definition) is 3. The van der Waals surface area contributed by atoms with Gasteiger partial charge in [-0.3, -0.25) is 4.79 Å². The van der Waals surface area contributed by atoms with Crippen molar-refractivity contribution in [3.63, 3.8) is 0 Å². The Morgan fingerprint density at radius 2 is 2.11 bits per heavy atom. The number of benzene rings is 1. The van der Waals surface area contributed by atoms with Crippen LogP contribution in [0.3, 0.4) is 0 Å². The first-order chi connectivity index (χ1) is 9.16. The Morgan fingerprint density at radius 3 is 2.74 bits per heavy atom. The van der Waals surface area contributed by atoms with Gasteiger partial charge in [0.1, 0.15) is 0 Å². The molecular weight excluding hydrogens is 240 g/mol. The van der Waals surface area contributed by atoms with Crippen LogP contribution in [0.2, 0.25) is 0 Å². The molecule has 2 rings (SSSR count). The van der Waals surface area contributed by atoms with Crippen LogP contribution in [-0.2, 0) is 4.79 Å². The first kappa shape index (κ1) is 14.0. The zero-order valence-electron chi connectivity index (χ0n) is 11.1. The normalized spacial score (nSPS) is 24.1. The van der Waals surface area contributed by atoms with Crippen molar-refractivity contribution in [1.29, 1.82) is 0 Å². The maximum atomic E-state index is 11.8. The number of aliphatic hydroxyl groups excluding tert-OH is 1. The van der Waals surface area contributed by atoms with Crippen molar-refractivity contribution in [2.75, 3.05) is 6.54 Å². The third kappa shape index (κ3) is 4.04. The molecule has 0 bridgehead atoms. The highest BCUT2D eigenvalue weighted by molar-refractivity contribution is 5.76. The summed E-state index contributed by atoms with van der Waals surface area (Å²) in [5.74, 6) is 0.284. The average Bonchev–Trinajstić information content (AvgIpc) is 2.82. The monoisotopic (exact) mass is 262 g/mol. The average molecular weight is 262 g/mol. The lowest BCUT2D eigenvalue weighted by molar-refractivity contribution is -0.122. The van der Waals surface area contributed by atoms with E-state index >= 15 is 0 Å². The molecule has 1 unspecified atom stereocenters. The Morgan fingerprint density at radius 1 is 1.37 bits per heavy atom. The third-order valence-corrected chi connectivity index (χ3v) is 3.84. The highest BCUT2D eigenvalue weighted by Gasteiger charge is 2.26. The summed E-state index contributed by atoms with van der Waals surface area (Å²) in [6, 6.07) is 9.50. The molecule has 4 N–H and O–H groups in total. The fourth-order valence-corrected chi connectivity index (χ4v) is 2.63. The van der Waals surface area contributed by atoms with Crippen LogP contribution in [0.1, 0.15) is 37.4 Å². The molecule has 1 aliphatic carbocycles. The number of nitrogens with two attached hydrogens (primary N) is 1. The van der Waals surface area contributed by atoms with Crippen molar-refractivity contribution in [2.45, 2.75) is 37.8 Å². The van der Waals surface area contributed by atoms with Crippen LogP contribution in [-0.4, -0.2) is 23.6 Å². The molecule has 0 aliphatic heterocycles. The van der Waals surface area contributed by atoms with Crippen molar-refractivity contribution < 1.29 is 9.90 Å². The Labute approximate surface area is 114 Å². The number of nitrogens with one attached hydrogen (secondary N) is 1. The molecule has 3 atom stereocenters. The van der Waals surface area contributed by atoms with Crippen molar-refractivity contribution in [1.82, 2.24) is 5.32 Å². The van der Waals surface area contributed by atoms with Crippen LogP contribution in [0, 0.1) is 5.92 Å². The molecule has 1 amide bonds. The summed E-state index contributed by atoms with van der Waals surface area (Å²) in [6.45, 7) is 0.255. The third-order valence-electron chi connectivity index (χ3n) is 3.84. The standard InChI is InChI=1S/C15H22N2O2/c16-13-8-4-7-12(13)9-15(19)17-10-14(18)11-5-2-1-3-6-11/h1-3,5-6,12-14,18H,4,7-10,16H2,(H,17,19)/t12-,13+,14?/m0/s1. The van der Waals surface area contributed by atoms with Gasteiger partial charge in [0.05, 0.1) is 6.10 Å². The van der Waals surface area contributed by atoms with Crippen LogP contribution in [0.5, 0.6) is 0 Å². The lowest BCUT2D eigenvalue weighted by Gasteiger charge is -2.16. The maximum Gasteiger partial charge on any atom is 0.220 e. The minimum Gasteiger partial charge on any atom is -0.387 e. The fraction of sp³-hybridized carbons (Fsp3) is 0.533. The first-order valence-corrected chi connectivity index (χ1v) is 6.92. The SMILES string of the molecule is N[C@@H]1CCC[C@H]1CC(=O)NCC(O)c1ccccc1. The highest BCUT2D eigenvalue weighted by Crippen LogP contribution is 2.26. The zero-order valence-corrected chi connectivity index (χ0v) is 11.1. The summed E-state index contributed by atoms with van der Waals surface area (Å²) in [6.07, 6.45) is 3.00. The molecular formula is C15H22N2O2. The predicted octanol–water partition coefficient (Wildman–Crippen LogP) is 1.35. The molecule has 1 fully saturated rings. The van der Waals surface area contributed by atoms with Crippen LogP contribution < -0.4 is 11.1 Å². The Bertz CT molecular complexity index is 408. The van der Waals surface area contributed by atoms with Gasteiger partial charge < -0.3 is 16.2 Å². The highest BCUT2D eigenvalue weighted by atomic mass is 16.3. The lowest BCUT2D eigenvalue weighted by Crippen LogP contribution is -2.33. The number of aliphatic hydroxyl groups is 1. The molecule has 1 saturated carbocycles. The Balaban J connectivity index is 1.74. The second-order valence-corrected chi connectivity index (χ2v) is 5.29. The van der Waals surface area contributed by atoms with E-state index in [2.05, 4.69) is 5.32 Å². The lowest BCUT2D eigenvalue weighted by atomic mass is 10.00. The van der Waals surface area contributed by atoms with E-state index in [9.17, 15) is 9.90 Å². The van der Waals surface area contributed by atoms with E-state index in [1.54, 1.807) is 0 Å². The van der Waals surface area contributed by atoms with Crippen molar-refractivity contribution in [3.05, 3.63) is 35.9 Å². The molecule has 1 aliphatic rings. The number of amides is 1. The summed E-state index contributed by atoms with van der Waals surface area (Å²) in [5.41, 5.74) is 6.76. The van der Waals surface area contributed by atoms with Gasteiger partial charge in [0.25, 0.3) is 0 Å². The van der Waals surface area contributed by atoms with E-state index in [-0.39, 0.29) is 18.5 Å². The fourth-order valence-electron chi connectivity index (χ4n) is 2.63. The molecule has 4 nitrogen and oxygen atoms in total. The van der Waals surface area contributed by atoms with Crippen molar-refractivity contribution >= 4 is 5.91 Å². The van der Waals surface area contributed by atoms with E-state index in [0.29, 0.717) is 12.3 Å². The molecule has 104 valence electrons. The molecule has 0 radical (unpaired) electrons. The summed E-state index contributed by atoms with van der Waals surface area (Å²) in [4.78, 5) is 11.8. The van der Waals surface area contributed by atoms with Gasteiger partial charge in [-0.2, -0.15) is 0 Å². The minimum absolute atomic E-state index is 0.0164. The van der Waals surface area contributed by atoms with Gasteiger partial charge in [-0.1, -0.05) is 36.8 Å². The number of rotatable bonds is 5. The number of carbonyl (C=O) groups is 1. The predicted molar refractivity (Wildman–Crippen MR) is 74.3 cm³/mol. The van der Waals surface area contributed by atoms with Crippen molar-refractivity contribution in [3.8, 4) is 0 Å². The van der Waals surface area contributed by atoms with Crippen LogP contribution >= 0.6 is 0 Å². The van der Waals surface area contributed by atoms with Gasteiger partial charge in [0, 0.05) is 19.0 Å². The summed E-state index contributed by atoms with van der Waals surface area (Å²) in [7, 11) is 0. The van der Waals surface area contributed by atoms with Gasteiger partial charge in [-0.15, -0.1) is 0 Å². The molecule has 0 saturated heterocycles. The van der Waals surface area contributed by atoms with Crippen LogP contribution in [0.25, 0.3) is 0 Å². The second-order valence-electron chi connectivity index (χ2n) is 5.29.